The fourth-order valence-electron chi connectivity index (χ4n) is 2.57. The molecule has 26 heavy (non-hydrogen) atoms. The number of nitrogens with one attached hydrogen (secondary N) is 2. The van der Waals surface area contributed by atoms with Crippen molar-refractivity contribution >= 4 is 17.3 Å². The molecule has 0 bridgehead atoms. The van der Waals surface area contributed by atoms with Gasteiger partial charge >= 0.3 is 0 Å². The number of carbonyl (C=O) groups excluding carboxylic acids is 1. The van der Waals surface area contributed by atoms with Crippen molar-refractivity contribution in [3.63, 3.8) is 0 Å². The Hall–Kier alpha value is -3.29. The van der Waals surface area contributed by atoms with Gasteiger partial charge in [0.05, 0.1) is 11.5 Å². The van der Waals surface area contributed by atoms with Gasteiger partial charge in [0.15, 0.2) is 11.5 Å². The van der Waals surface area contributed by atoms with Crippen LogP contribution in [0.5, 0.6) is 11.5 Å². The van der Waals surface area contributed by atoms with E-state index in [1.54, 1.807) is 18.2 Å². The highest BCUT2D eigenvalue weighted by Gasteiger charge is 2.21. The minimum Gasteiger partial charge on any atom is -0.486 e. The summed E-state index contributed by atoms with van der Waals surface area (Å²) < 4.78 is 11.4. The van der Waals surface area contributed by atoms with Crippen molar-refractivity contribution in [3.05, 3.63) is 58.6 Å². The Balaban J connectivity index is 1.41. The summed E-state index contributed by atoms with van der Waals surface area (Å²) in [6, 6.07) is 13.7. The molecule has 8 nitrogen and oxygen atoms in total. The number of hydrogen-bond donors (Lipinski definition) is 2. The third-order valence-electron chi connectivity index (χ3n) is 3.86. The lowest BCUT2D eigenvalue weighted by Crippen LogP contribution is -2.41. The second kappa shape index (κ2) is 8.19. The lowest BCUT2D eigenvalue weighted by Gasteiger charge is -2.26. The lowest BCUT2D eigenvalue weighted by molar-refractivity contribution is -0.384. The van der Waals surface area contributed by atoms with Gasteiger partial charge in [0, 0.05) is 19.0 Å². The first kappa shape index (κ1) is 17.5. The molecule has 0 saturated carbocycles. The average Bonchev–Trinajstić information content (AvgIpc) is 2.66. The summed E-state index contributed by atoms with van der Waals surface area (Å²) in [5.74, 6) is 1.19. The van der Waals surface area contributed by atoms with Gasteiger partial charge in [-0.15, -0.1) is 0 Å². The van der Waals surface area contributed by atoms with Crippen molar-refractivity contribution in [2.45, 2.75) is 12.5 Å². The van der Waals surface area contributed by atoms with E-state index in [0.29, 0.717) is 36.9 Å². The first-order valence-electron chi connectivity index (χ1n) is 8.26. The molecule has 1 atom stereocenters. The number of hydrogen-bond acceptors (Lipinski definition) is 6. The second-order valence-electron chi connectivity index (χ2n) is 5.75. The molecule has 0 aliphatic carbocycles. The van der Waals surface area contributed by atoms with E-state index in [4.69, 9.17) is 9.47 Å². The van der Waals surface area contributed by atoms with Crippen LogP contribution in [0.4, 0.5) is 11.4 Å². The van der Waals surface area contributed by atoms with Crippen LogP contribution < -0.4 is 20.1 Å². The van der Waals surface area contributed by atoms with Gasteiger partial charge in [-0.2, -0.15) is 0 Å². The number of fused-ring (bicyclic) bond motifs is 1. The summed E-state index contributed by atoms with van der Waals surface area (Å²) in [6.45, 7) is 0.992. The van der Waals surface area contributed by atoms with Gasteiger partial charge in [-0.3, -0.25) is 14.9 Å². The van der Waals surface area contributed by atoms with Crippen LogP contribution in [-0.4, -0.2) is 36.6 Å². The molecule has 1 unspecified atom stereocenters. The van der Waals surface area contributed by atoms with Gasteiger partial charge in [0.25, 0.3) is 5.69 Å². The molecule has 1 heterocycles. The highest BCUT2D eigenvalue weighted by Crippen LogP contribution is 2.30. The third kappa shape index (κ3) is 4.41. The minimum atomic E-state index is -0.458. The largest absolute Gasteiger partial charge is 0.486 e. The predicted octanol–water partition coefficient (Wildman–Crippen LogP) is 2.35. The molecule has 1 aliphatic heterocycles. The number of amides is 1. The van der Waals surface area contributed by atoms with E-state index >= 15 is 0 Å². The van der Waals surface area contributed by atoms with E-state index in [0.717, 1.165) is 0 Å². The number of nitro groups is 1. The lowest BCUT2D eigenvalue weighted by atomic mass is 10.2. The Labute approximate surface area is 150 Å². The Morgan fingerprint density at radius 3 is 2.69 bits per heavy atom. The fourth-order valence-corrected chi connectivity index (χ4v) is 2.57. The number of benzene rings is 2. The van der Waals surface area contributed by atoms with E-state index in [2.05, 4.69) is 10.6 Å². The molecule has 1 aliphatic rings. The van der Waals surface area contributed by atoms with Crippen molar-refractivity contribution < 1.29 is 19.2 Å². The third-order valence-corrected chi connectivity index (χ3v) is 3.86. The zero-order valence-corrected chi connectivity index (χ0v) is 14.0. The van der Waals surface area contributed by atoms with Crippen LogP contribution in [0.25, 0.3) is 0 Å². The van der Waals surface area contributed by atoms with Gasteiger partial charge in [0.1, 0.15) is 18.4 Å². The van der Waals surface area contributed by atoms with Gasteiger partial charge in [-0.25, -0.2) is 0 Å². The molecule has 2 aromatic carbocycles. The number of para-hydroxylation sites is 4. The van der Waals surface area contributed by atoms with Crippen molar-refractivity contribution in [1.29, 1.82) is 0 Å². The predicted molar refractivity (Wildman–Crippen MR) is 95.6 cm³/mol. The van der Waals surface area contributed by atoms with Gasteiger partial charge in [-0.05, 0) is 18.2 Å². The number of rotatable bonds is 7. The first-order valence-corrected chi connectivity index (χ1v) is 8.26. The van der Waals surface area contributed by atoms with E-state index in [1.165, 1.54) is 6.07 Å². The summed E-state index contributed by atoms with van der Waals surface area (Å²) in [6.07, 6.45) is -0.0621. The minimum absolute atomic E-state index is 0.0145. The zero-order valence-electron chi connectivity index (χ0n) is 14.0. The average molecular weight is 357 g/mol. The standard InChI is InChI=1S/C18H19N3O5/c22-18(9-10-19-14-5-1-2-6-15(14)21(23)24)20-11-13-12-25-16-7-3-4-8-17(16)26-13/h1-8,13,19H,9-12H2,(H,20,22). The molecular weight excluding hydrogens is 338 g/mol. The highest BCUT2D eigenvalue weighted by atomic mass is 16.6. The molecule has 0 aromatic heterocycles. The molecular formula is C18H19N3O5. The summed E-state index contributed by atoms with van der Waals surface area (Å²) in [5.41, 5.74) is 0.380. The van der Waals surface area contributed by atoms with Crippen LogP contribution in [-0.2, 0) is 4.79 Å². The molecule has 0 fully saturated rings. The number of nitro benzene ring substituents is 1. The van der Waals surface area contributed by atoms with Crippen molar-refractivity contribution in [1.82, 2.24) is 5.32 Å². The van der Waals surface area contributed by atoms with Crippen LogP contribution in [0, 0.1) is 10.1 Å². The van der Waals surface area contributed by atoms with Gasteiger partial charge in [-0.1, -0.05) is 24.3 Å². The Bertz CT molecular complexity index is 796. The maximum absolute atomic E-state index is 12.0. The molecule has 3 rings (SSSR count). The van der Waals surface area contributed by atoms with E-state index in [1.807, 2.05) is 24.3 Å². The number of ether oxygens (including phenoxy) is 2. The number of anilines is 1. The van der Waals surface area contributed by atoms with Gasteiger partial charge in [0.2, 0.25) is 5.91 Å². The molecule has 0 radical (unpaired) electrons. The first-order chi connectivity index (χ1) is 12.6. The normalized spacial score (nSPS) is 15.2. The quantitative estimate of drug-likeness (QED) is 0.582. The molecule has 1 amide bonds. The monoisotopic (exact) mass is 357 g/mol. The van der Waals surface area contributed by atoms with E-state index < -0.39 is 4.92 Å². The topological polar surface area (TPSA) is 103 Å². The molecule has 8 heteroatoms. The van der Waals surface area contributed by atoms with E-state index in [-0.39, 0.29) is 24.1 Å². The van der Waals surface area contributed by atoms with Crippen molar-refractivity contribution in [2.24, 2.45) is 0 Å². The van der Waals surface area contributed by atoms with Crippen molar-refractivity contribution in [2.75, 3.05) is 25.0 Å². The molecule has 2 aromatic rings. The van der Waals surface area contributed by atoms with Crippen LogP contribution >= 0.6 is 0 Å². The molecule has 2 N–H and O–H groups in total. The number of carbonyl (C=O) groups is 1. The maximum Gasteiger partial charge on any atom is 0.292 e. The van der Waals surface area contributed by atoms with Crippen LogP contribution in [0.2, 0.25) is 0 Å². The second-order valence-corrected chi connectivity index (χ2v) is 5.75. The maximum atomic E-state index is 12.0. The highest BCUT2D eigenvalue weighted by molar-refractivity contribution is 5.76. The van der Waals surface area contributed by atoms with Crippen LogP contribution in [0.1, 0.15) is 6.42 Å². The Morgan fingerprint density at radius 1 is 1.15 bits per heavy atom. The van der Waals surface area contributed by atoms with Crippen LogP contribution in [0.15, 0.2) is 48.5 Å². The summed E-state index contributed by atoms with van der Waals surface area (Å²) >= 11 is 0. The number of nitrogens with zero attached hydrogens (tertiary/aromatic N) is 1. The van der Waals surface area contributed by atoms with Crippen LogP contribution in [0.3, 0.4) is 0 Å². The SMILES string of the molecule is O=C(CCNc1ccccc1[N+](=O)[O-])NCC1COc2ccccc2O1. The summed E-state index contributed by atoms with van der Waals surface area (Å²) in [4.78, 5) is 22.4. The van der Waals surface area contributed by atoms with Gasteiger partial charge < -0.3 is 20.1 Å². The Kier molecular flexibility index (Phi) is 5.52. The van der Waals surface area contributed by atoms with Crippen molar-refractivity contribution in [3.8, 4) is 11.5 Å². The van der Waals surface area contributed by atoms with E-state index in [9.17, 15) is 14.9 Å². The summed E-state index contributed by atoms with van der Waals surface area (Å²) in [5, 5.41) is 16.7. The fraction of sp³-hybridized carbons (Fsp3) is 0.278. The Morgan fingerprint density at radius 2 is 1.88 bits per heavy atom. The molecule has 136 valence electrons. The molecule has 0 spiro atoms. The summed E-state index contributed by atoms with van der Waals surface area (Å²) in [7, 11) is 0. The smallest absolute Gasteiger partial charge is 0.292 e. The molecule has 0 saturated heterocycles. The zero-order chi connectivity index (χ0) is 18.4.